The van der Waals surface area contributed by atoms with E-state index in [-0.39, 0.29) is 30.4 Å². The normalized spacial score (nSPS) is 13.1. The maximum absolute atomic E-state index is 13.3. The molecule has 23 heavy (non-hydrogen) atoms. The van der Waals surface area contributed by atoms with Gasteiger partial charge in [0.25, 0.3) is 0 Å². The van der Waals surface area contributed by atoms with Crippen molar-refractivity contribution in [3.8, 4) is 0 Å². The van der Waals surface area contributed by atoms with E-state index in [0.717, 1.165) is 5.56 Å². The Balaban J connectivity index is 1.93. The fourth-order valence-corrected chi connectivity index (χ4v) is 2.13. The largest absolute Gasteiger partial charge is 0.459 e. The summed E-state index contributed by atoms with van der Waals surface area (Å²) in [4.78, 5) is 11.8. The van der Waals surface area contributed by atoms with Gasteiger partial charge in [-0.25, -0.2) is 9.18 Å². The molecule has 3 N–H and O–H groups in total. The van der Waals surface area contributed by atoms with Gasteiger partial charge in [-0.1, -0.05) is 20.8 Å². The van der Waals surface area contributed by atoms with Crippen molar-refractivity contribution in [1.29, 1.82) is 0 Å². The number of halogens is 1. The van der Waals surface area contributed by atoms with Crippen LogP contribution in [-0.4, -0.2) is 23.8 Å². The zero-order valence-corrected chi connectivity index (χ0v) is 13.9. The SMILES string of the molecule is Cc1c(CNC(=O)NCC(O)C(C)(C)C)oc2ccc(F)cc12. The maximum Gasteiger partial charge on any atom is 0.315 e. The van der Waals surface area contributed by atoms with E-state index in [4.69, 9.17) is 4.42 Å². The zero-order valence-electron chi connectivity index (χ0n) is 13.9. The Morgan fingerprint density at radius 2 is 2.04 bits per heavy atom. The van der Waals surface area contributed by atoms with E-state index in [1.807, 2.05) is 27.7 Å². The minimum Gasteiger partial charge on any atom is -0.459 e. The third-order valence-corrected chi connectivity index (χ3v) is 3.86. The van der Waals surface area contributed by atoms with Crippen LogP contribution in [0.2, 0.25) is 0 Å². The van der Waals surface area contributed by atoms with Gasteiger partial charge >= 0.3 is 6.03 Å². The van der Waals surface area contributed by atoms with Crippen LogP contribution in [0.15, 0.2) is 22.6 Å². The molecular weight excluding hydrogens is 299 g/mol. The summed E-state index contributed by atoms with van der Waals surface area (Å²) in [5.41, 5.74) is 1.09. The first-order valence-corrected chi connectivity index (χ1v) is 7.56. The molecule has 5 nitrogen and oxygen atoms in total. The van der Waals surface area contributed by atoms with Crippen LogP contribution in [-0.2, 0) is 6.54 Å². The lowest BCUT2D eigenvalue weighted by atomic mass is 9.89. The van der Waals surface area contributed by atoms with Crippen molar-refractivity contribution >= 4 is 17.0 Å². The summed E-state index contributed by atoms with van der Waals surface area (Å²) in [5, 5.41) is 15.9. The molecular formula is C17H23FN2O3. The van der Waals surface area contributed by atoms with Gasteiger partial charge in [0.2, 0.25) is 0 Å². The number of amides is 2. The van der Waals surface area contributed by atoms with Gasteiger partial charge in [-0.3, -0.25) is 0 Å². The summed E-state index contributed by atoms with van der Waals surface area (Å²) in [6.45, 7) is 7.87. The molecule has 0 bridgehead atoms. The number of hydrogen-bond donors (Lipinski definition) is 3. The van der Waals surface area contributed by atoms with Crippen LogP contribution in [0.3, 0.4) is 0 Å². The monoisotopic (exact) mass is 322 g/mol. The minimum absolute atomic E-state index is 0.166. The fraction of sp³-hybridized carbons (Fsp3) is 0.471. The molecule has 0 spiro atoms. The summed E-state index contributed by atoms with van der Waals surface area (Å²) in [5.74, 6) is 0.256. The molecule has 0 saturated heterocycles. The van der Waals surface area contributed by atoms with Gasteiger partial charge in [-0.15, -0.1) is 0 Å². The molecule has 2 amide bonds. The van der Waals surface area contributed by atoms with Crippen molar-refractivity contribution in [1.82, 2.24) is 10.6 Å². The quantitative estimate of drug-likeness (QED) is 0.810. The topological polar surface area (TPSA) is 74.5 Å². The van der Waals surface area contributed by atoms with Gasteiger partial charge < -0.3 is 20.2 Å². The Morgan fingerprint density at radius 3 is 2.70 bits per heavy atom. The third kappa shape index (κ3) is 4.22. The lowest BCUT2D eigenvalue weighted by Gasteiger charge is -2.25. The van der Waals surface area contributed by atoms with E-state index >= 15 is 0 Å². The molecule has 1 aromatic carbocycles. The summed E-state index contributed by atoms with van der Waals surface area (Å²) < 4.78 is 18.9. The molecule has 0 aliphatic rings. The molecule has 1 heterocycles. The number of carbonyl (C=O) groups is 1. The second-order valence-corrected chi connectivity index (χ2v) is 6.74. The first kappa shape index (κ1) is 17.3. The van der Waals surface area contributed by atoms with Gasteiger partial charge in [-0.05, 0) is 30.5 Å². The van der Waals surface area contributed by atoms with Crippen LogP contribution < -0.4 is 10.6 Å². The Labute approximate surface area is 134 Å². The average molecular weight is 322 g/mol. The summed E-state index contributed by atoms with van der Waals surface area (Å²) in [6.07, 6.45) is -0.635. The third-order valence-electron chi connectivity index (χ3n) is 3.86. The number of carbonyl (C=O) groups excluding carboxylic acids is 1. The van der Waals surface area contributed by atoms with E-state index in [0.29, 0.717) is 16.7 Å². The molecule has 0 fully saturated rings. The van der Waals surface area contributed by atoms with Crippen molar-refractivity contribution < 1.29 is 18.7 Å². The summed E-state index contributed by atoms with van der Waals surface area (Å²) in [6, 6.07) is 3.93. The van der Waals surface area contributed by atoms with Crippen LogP contribution in [0.4, 0.5) is 9.18 Å². The number of rotatable bonds is 4. The van der Waals surface area contributed by atoms with Crippen molar-refractivity contribution in [2.24, 2.45) is 5.41 Å². The molecule has 2 rings (SSSR count). The Hall–Kier alpha value is -2.08. The van der Waals surface area contributed by atoms with Crippen LogP contribution in [0.5, 0.6) is 0 Å². The lowest BCUT2D eigenvalue weighted by molar-refractivity contribution is 0.0649. The van der Waals surface area contributed by atoms with Crippen LogP contribution in [0.25, 0.3) is 11.0 Å². The van der Waals surface area contributed by atoms with E-state index < -0.39 is 6.10 Å². The molecule has 6 heteroatoms. The fourth-order valence-electron chi connectivity index (χ4n) is 2.13. The predicted octanol–water partition coefficient (Wildman–Crippen LogP) is 3.09. The maximum atomic E-state index is 13.3. The Kier molecular flexibility index (Phi) is 4.94. The smallest absolute Gasteiger partial charge is 0.315 e. The highest BCUT2D eigenvalue weighted by Gasteiger charge is 2.22. The highest BCUT2D eigenvalue weighted by molar-refractivity contribution is 5.82. The van der Waals surface area contributed by atoms with Crippen molar-refractivity contribution in [2.75, 3.05) is 6.54 Å². The minimum atomic E-state index is -0.635. The number of hydrogen-bond acceptors (Lipinski definition) is 3. The molecule has 1 atom stereocenters. The molecule has 0 saturated carbocycles. The molecule has 126 valence electrons. The van der Waals surface area contributed by atoms with E-state index in [1.165, 1.54) is 12.1 Å². The molecule has 2 aromatic rings. The van der Waals surface area contributed by atoms with Gasteiger partial charge in [0.1, 0.15) is 17.2 Å². The van der Waals surface area contributed by atoms with Gasteiger partial charge in [0.15, 0.2) is 0 Å². The van der Waals surface area contributed by atoms with E-state index in [2.05, 4.69) is 10.6 Å². The molecule has 0 aliphatic carbocycles. The number of benzene rings is 1. The number of aliphatic hydroxyl groups is 1. The molecule has 0 aliphatic heterocycles. The van der Waals surface area contributed by atoms with Gasteiger partial charge in [0.05, 0.1) is 12.6 Å². The lowest BCUT2D eigenvalue weighted by Crippen LogP contribution is -2.43. The van der Waals surface area contributed by atoms with Gasteiger partial charge in [-0.2, -0.15) is 0 Å². The van der Waals surface area contributed by atoms with Crippen molar-refractivity contribution in [2.45, 2.75) is 40.3 Å². The van der Waals surface area contributed by atoms with Crippen molar-refractivity contribution in [3.63, 3.8) is 0 Å². The number of aryl methyl sites for hydroxylation is 1. The second kappa shape index (κ2) is 6.58. The Morgan fingerprint density at radius 1 is 1.35 bits per heavy atom. The molecule has 0 radical (unpaired) electrons. The highest BCUT2D eigenvalue weighted by Crippen LogP contribution is 2.25. The zero-order chi connectivity index (χ0) is 17.2. The number of fused-ring (bicyclic) bond motifs is 1. The van der Waals surface area contributed by atoms with Crippen LogP contribution in [0, 0.1) is 18.2 Å². The first-order chi connectivity index (χ1) is 10.7. The molecule has 1 aromatic heterocycles. The number of nitrogens with one attached hydrogen (secondary N) is 2. The Bertz CT molecular complexity index is 704. The second-order valence-electron chi connectivity index (χ2n) is 6.74. The van der Waals surface area contributed by atoms with Gasteiger partial charge in [0, 0.05) is 17.5 Å². The predicted molar refractivity (Wildman–Crippen MR) is 86.6 cm³/mol. The number of aliphatic hydroxyl groups excluding tert-OH is 1. The van der Waals surface area contributed by atoms with E-state index in [1.54, 1.807) is 6.07 Å². The van der Waals surface area contributed by atoms with Crippen molar-refractivity contribution in [3.05, 3.63) is 35.3 Å². The first-order valence-electron chi connectivity index (χ1n) is 7.56. The molecule has 1 unspecified atom stereocenters. The van der Waals surface area contributed by atoms with Crippen LogP contribution in [0.1, 0.15) is 32.1 Å². The highest BCUT2D eigenvalue weighted by atomic mass is 19.1. The van der Waals surface area contributed by atoms with E-state index in [9.17, 15) is 14.3 Å². The standard InChI is InChI=1S/C17H23FN2O3/c1-10-12-7-11(18)5-6-13(12)23-14(10)8-19-16(22)20-9-15(21)17(2,3)4/h5-7,15,21H,8-9H2,1-4H3,(H2,19,20,22). The average Bonchev–Trinajstić information content (AvgIpc) is 2.78. The van der Waals surface area contributed by atoms with Crippen LogP contribution >= 0.6 is 0 Å². The summed E-state index contributed by atoms with van der Waals surface area (Å²) in [7, 11) is 0. The number of furan rings is 1. The number of urea groups is 1. The summed E-state index contributed by atoms with van der Waals surface area (Å²) >= 11 is 0.